The largest absolute Gasteiger partial charge is 0.383 e. The second-order valence-electron chi connectivity index (χ2n) is 5.94. The molecule has 1 N–H and O–H groups in total. The summed E-state index contributed by atoms with van der Waals surface area (Å²) >= 11 is 2.92. The highest BCUT2D eigenvalue weighted by molar-refractivity contribution is 8.02. The van der Waals surface area contributed by atoms with Crippen LogP contribution in [0.4, 0.5) is 10.8 Å². The first kappa shape index (κ1) is 18.2. The van der Waals surface area contributed by atoms with Gasteiger partial charge in [0.15, 0.2) is 4.34 Å². The van der Waals surface area contributed by atoms with Crippen molar-refractivity contribution in [1.29, 1.82) is 0 Å². The van der Waals surface area contributed by atoms with Crippen LogP contribution < -0.4 is 10.2 Å². The Morgan fingerprint density at radius 3 is 3.08 bits per heavy atom. The number of carbonyl (C=O) groups is 1. The molecule has 6 nitrogen and oxygen atoms in total. The number of ether oxygens (including phenoxy) is 1. The zero-order valence-electron chi connectivity index (χ0n) is 14.6. The third-order valence-corrected chi connectivity index (χ3v) is 6.11. The van der Waals surface area contributed by atoms with Crippen molar-refractivity contribution in [2.45, 2.75) is 35.9 Å². The van der Waals surface area contributed by atoms with Gasteiger partial charge in [0.05, 0.1) is 11.9 Å². The molecule has 0 aliphatic carbocycles. The molecule has 0 spiro atoms. The summed E-state index contributed by atoms with van der Waals surface area (Å²) in [6.07, 6.45) is 0.908. The van der Waals surface area contributed by atoms with Crippen LogP contribution in [0.5, 0.6) is 0 Å². The van der Waals surface area contributed by atoms with Crippen molar-refractivity contribution in [1.82, 2.24) is 10.2 Å². The van der Waals surface area contributed by atoms with E-state index in [-0.39, 0.29) is 17.2 Å². The SMILES string of the molecule is COCCNc1nnc(SC(C)C(=O)N2c3ccccc3CC2C)s1. The van der Waals surface area contributed by atoms with E-state index in [9.17, 15) is 4.79 Å². The number of amides is 1. The Hall–Kier alpha value is -1.64. The second kappa shape index (κ2) is 8.16. The molecule has 2 heterocycles. The van der Waals surface area contributed by atoms with Crippen molar-refractivity contribution >= 4 is 39.8 Å². The number of aromatic nitrogens is 2. The summed E-state index contributed by atoms with van der Waals surface area (Å²) in [4.78, 5) is 14.9. The van der Waals surface area contributed by atoms with Crippen LogP contribution in [0.1, 0.15) is 19.4 Å². The molecular weight excluding hydrogens is 356 g/mol. The number of hydrogen-bond donors (Lipinski definition) is 1. The summed E-state index contributed by atoms with van der Waals surface area (Å²) in [7, 11) is 1.66. The number of fused-ring (bicyclic) bond motifs is 1. The van der Waals surface area contributed by atoms with E-state index in [2.05, 4.69) is 28.5 Å². The molecular formula is C17H22N4O2S2. The van der Waals surface area contributed by atoms with Crippen LogP contribution in [0, 0.1) is 0 Å². The lowest BCUT2D eigenvalue weighted by Gasteiger charge is -2.25. The van der Waals surface area contributed by atoms with E-state index < -0.39 is 0 Å². The van der Waals surface area contributed by atoms with Crippen LogP contribution in [-0.4, -0.2) is 47.7 Å². The fourth-order valence-corrected chi connectivity index (χ4v) is 4.86. The van der Waals surface area contributed by atoms with Gasteiger partial charge in [0.25, 0.3) is 0 Å². The summed E-state index contributed by atoms with van der Waals surface area (Å²) in [6.45, 7) is 5.33. The van der Waals surface area contributed by atoms with Crippen molar-refractivity contribution in [3.63, 3.8) is 0 Å². The number of para-hydroxylation sites is 1. The zero-order valence-corrected chi connectivity index (χ0v) is 16.2. The molecule has 1 aliphatic heterocycles. The fraction of sp³-hybridized carbons (Fsp3) is 0.471. The van der Waals surface area contributed by atoms with Gasteiger partial charge in [0.1, 0.15) is 0 Å². The highest BCUT2D eigenvalue weighted by Gasteiger charge is 2.33. The smallest absolute Gasteiger partial charge is 0.240 e. The minimum Gasteiger partial charge on any atom is -0.383 e. The van der Waals surface area contributed by atoms with E-state index in [0.29, 0.717) is 13.2 Å². The number of anilines is 2. The van der Waals surface area contributed by atoms with Crippen molar-refractivity contribution in [3.8, 4) is 0 Å². The molecule has 2 unspecified atom stereocenters. The van der Waals surface area contributed by atoms with E-state index >= 15 is 0 Å². The van der Waals surface area contributed by atoms with Gasteiger partial charge in [-0.05, 0) is 31.9 Å². The van der Waals surface area contributed by atoms with Gasteiger partial charge in [-0.2, -0.15) is 0 Å². The summed E-state index contributed by atoms with van der Waals surface area (Å²) in [6, 6.07) is 8.32. The maximum absolute atomic E-state index is 13.0. The van der Waals surface area contributed by atoms with E-state index in [1.807, 2.05) is 30.0 Å². The molecule has 0 radical (unpaired) electrons. The fourth-order valence-electron chi connectivity index (χ4n) is 2.89. The molecule has 1 aromatic carbocycles. The molecule has 2 aromatic rings. The lowest BCUT2D eigenvalue weighted by atomic mass is 10.1. The monoisotopic (exact) mass is 378 g/mol. The average Bonchev–Trinajstić information content (AvgIpc) is 3.17. The molecule has 0 saturated carbocycles. The summed E-state index contributed by atoms with van der Waals surface area (Å²) in [5, 5.41) is 12.0. The summed E-state index contributed by atoms with van der Waals surface area (Å²) < 4.78 is 5.79. The van der Waals surface area contributed by atoms with Gasteiger partial charge < -0.3 is 15.0 Å². The number of nitrogens with one attached hydrogen (secondary N) is 1. The molecule has 8 heteroatoms. The Labute approximate surface area is 156 Å². The number of benzene rings is 1. The van der Waals surface area contributed by atoms with Crippen LogP contribution >= 0.6 is 23.1 Å². The predicted octanol–water partition coefficient (Wildman–Crippen LogP) is 3.05. The average molecular weight is 379 g/mol. The first-order valence-corrected chi connectivity index (χ1v) is 9.93. The molecule has 1 amide bonds. The second-order valence-corrected chi connectivity index (χ2v) is 8.51. The maximum Gasteiger partial charge on any atom is 0.240 e. The van der Waals surface area contributed by atoms with E-state index in [1.54, 1.807) is 7.11 Å². The van der Waals surface area contributed by atoms with Crippen molar-refractivity contribution in [3.05, 3.63) is 29.8 Å². The molecule has 0 bridgehead atoms. The van der Waals surface area contributed by atoms with Gasteiger partial charge in [-0.25, -0.2) is 0 Å². The maximum atomic E-state index is 13.0. The standard InChI is InChI=1S/C17H22N4O2S2/c1-11-10-13-6-4-5-7-14(13)21(11)15(22)12(2)24-17-20-19-16(25-17)18-8-9-23-3/h4-7,11-12H,8-10H2,1-3H3,(H,18,19). The topological polar surface area (TPSA) is 67.3 Å². The van der Waals surface area contributed by atoms with Gasteiger partial charge >= 0.3 is 0 Å². The highest BCUT2D eigenvalue weighted by Crippen LogP contribution is 2.35. The highest BCUT2D eigenvalue weighted by atomic mass is 32.2. The van der Waals surface area contributed by atoms with E-state index in [4.69, 9.17) is 4.74 Å². The first-order chi connectivity index (χ1) is 12.1. The van der Waals surface area contributed by atoms with Crippen molar-refractivity contribution in [2.75, 3.05) is 30.5 Å². The first-order valence-electron chi connectivity index (χ1n) is 8.24. The summed E-state index contributed by atoms with van der Waals surface area (Å²) in [5.41, 5.74) is 2.27. The third kappa shape index (κ3) is 4.13. The van der Waals surface area contributed by atoms with Gasteiger partial charge in [-0.3, -0.25) is 4.79 Å². The number of nitrogens with zero attached hydrogens (tertiary/aromatic N) is 3. The van der Waals surface area contributed by atoms with Crippen LogP contribution in [0.25, 0.3) is 0 Å². The number of thioether (sulfide) groups is 1. The quantitative estimate of drug-likeness (QED) is 0.590. The Balaban J connectivity index is 1.63. The molecule has 3 rings (SSSR count). The Kier molecular flexibility index (Phi) is 5.93. The Bertz CT molecular complexity index is 737. The van der Waals surface area contributed by atoms with Crippen molar-refractivity contribution < 1.29 is 9.53 Å². The lowest BCUT2D eigenvalue weighted by molar-refractivity contribution is -0.118. The van der Waals surface area contributed by atoms with Crippen LogP contribution in [-0.2, 0) is 16.0 Å². The molecule has 134 valence electrons. The minimum atomic E-state index is -0.214. The number of rotatable bonds is 7. The molecule has 25 heavy (non-hydrogen) atoms. The van der Waals surface area contributed by atoms with Crippen LogP contribution in [0.2, 0.25) is 0 Å². The molecule has 1 aliphatic rings. The Morgan fingerprint density at radius 2 is 2.28 bits per heavy atom. The van der Waals surface area contributed by atoms with Gasteiger partial charge in [0, 0.05) is 25.4 Å². The zero-order chi connectivity index (χ0) is 17.8. The van der Waals surface area contributed by atoms with Crippen LogP contribution in [0.15, 0.2) is 28.6 Å². The number of methoxy groups -OCH3 is 1. The Morgan fingerprint density at radius 1 is 1.48 bits per heavy atom. The molecule has 2 atom stereocenters. The van der Waals surface area contributed by atoms with E-state index in [0.717, 1.165) is 21.6 Å². The molecule has 0 fully saturated rings. The molecule has 1 aromatic heterocycles. The predicted molar refractivity (Wildman–Crippen MR) is 103 cm³/mol. The van der Waals surface area contributed by atoms with Crippen molar-refractivity contribution in [2.24, 2.45) is 0 Å². The third-order valence-electron chi connectivity index (χ3n) is 4.06. The minimum absolute atomic E-state index is 0.117. The summed E-state index contributed by atoms with van der Waals surface area (Å²) in [5.74, 6) is 0.117. The van der Waals surface area contributed by atoms with Gasteiger partial charge in [0.2, 0.25) is 11.0 Å². The number of hydrogen-bond acceptors (Lipinski definition) is 7. The molecule has 0 saturated heterocycles. The number of carbonyl (C=O) groups excluding carboxylic acids is 1. The van der Waals surface area contributed by atoms with Crippen LogP contribution in [0.3, 0.4) is 0 Å². The van der Waals surface area contributed by atoms with Gasteiger partial charge in [-0.1, -0.05) is 41.3 Å². The van der Waals surface area contributed by atoms with Gasteiger partial charge in [-0.15, -0.1) is 10.2 Å². The van der Waals surface area contributed by atoms with E-state index in [1.165, 1.54) is 28.7 Å². The normalized spacial score (nSPS) is 17.4. The lowest BCUT2D eigenvalue weighted by Crippen LogP contribution is -2.40.